The molecule has 0 aliphatic rings. The molecule has 4 heteroatoms. The summed E-state index contributed by atoms with van der Waals surface area (Å²) in [6.07, 6.45) is -1.82. The highest BCUT2D eigenvalue weighted by molar-refractivity contribution is 6.42. The van der Waals surface area contributed by atoms with Gasteiger partial charge in [-0.25, -0.2) is 0 Å². The van der Waals surface area contributed by atoms with Crippen molar-refractivity contribution in [3.63, 3.8) is 0 Å². The SMILES string of the molecule is CC(C)(C)C(O)C(O)c1ccc(Cl)c(Cl)c1. The minimum absolute atomic E-state index is 0.374. The van der Waals surface area contributed by atoms with Gasteiger partial charge in [0.25, 0.3) is 0 Å². The Morgan fingerprint density at radius 2 is 1.62 bits per heavy atom. The Balaban J connectivity index is 2.97. The third kappa shape index (κ3) is 3.11. The van der Waals surface area contributed by atoms with Crippen LogP contribution in [0.4, 0.5) is 0 Å². The monoisotopic (exact) mass is 262 g/mol. The summed E-state index contributed by atoms with van der Waals surface area (Å²) in [5, 5.41) is 20.7. The number of hydrogen-bond donors (Lipinski definition) is 2. The molecule has 0 saturated heterocycles. The summed E-state index contributed by atoms with van der Waals surface area (Å²) in [5.74, 6) is 0. The summed E-state index contributed by atoms with van der Waals surface area (Å²) < 4.78 is 0. The number of benzene rings is 1. The first-order chi connectivity index (χ1) is 7.23. The van der Waals surface area contributed by atoms with Gasteiger partial charge in [-0.3, -0.25) is 0 Å². The standard InChI is InChI=1S/C12H16Cl2O2/c1-12(2,3)11(16)10(15)7-4-5-8(13)9(14)6-7/h4-6,10-11,15-16H,1-3H3. The summed E-state index contributed by atoms with van der Waals surface area (Å²) >= 11 is 11.6. The molecule has 0 heterocycles. The van der Waals surface area contributed by atoms with Crippen LogP contribution in [0.15, 0.2) is 18.2 Å². The molecule has 0 spiro atoms. The normalized spacial score (nSPS) is 15.9. The Morgan fingerprint density at radius 1 is 1.06 bits per heavy atom. The molecule has 0 fully saturated rings. The molecule has 0 bridgehead atoms. The number of halogens is 2. The van der Waals surface area contributed by atoms with Crippen LogP contribution in [0.5, 0.6) is 0 Å². The second-order valence-corrected chi connectivity index (χ2v) is 5.74. The van der Waals surface area contributed by atoms with Crippen molar-refractivity contribution >= 4 is 23.2 Å². The Bertz CT molecular complexity index is 372. The van der Waals surface area contributed by atoms with Gasteiger partial charge in [-0.15, -0.1) is 0 Å². The van der Waals surface area contributed by atoms with Gasteiger partial charge in [0.1, 0.15) is 6.10 Å². The van der Waals surface area contributed by atoms with E-state index in [4.69, 9.17) is 23.2 Å². The second-order valence-electron chi connectivity index (χ2n) is 4.93. The molecular weight excluding hydrogens is 247 g/mol. The molecule has 16 heavy (non-hydrogen) atoms. The van der Waals surface area contributed by atoms with E-state index in [0.29, 0.717) is 15.6 Å². The van der Waals surface area contributed by atoms with Crippen molar-refractivity contribution in [3.05, 3.63) is 33.8 Å². The maximum atomic E-state index is 9.99. The minimum Gasteiger partial charge on any atom is -0.390 e. The van der Waals surface area contributed by atoms with Crippen LogP contribution in [0.2, 0.25) is 10.0 Å². The van der Waals surface area contributed by atoms with Gasteiger partial charge in [-0.1, -0.05) is 50.0 Å². The number of rotatable bonds is 2. The maximum absolute atomic E-state index is 9.99. The van der Waals surface area contributed by atoms with E-state index in [1.165, 1.54) is 0 Å². The van der Waals surface area contributed by atoms with Crippen molar-refractivity contribution in [3.8, 4) is 0 Å². The van der Waals surface area contributed by atoms with Gasteiger partial charge in [0.15, 0.2) is 0 Å². The van der Waals surface area contributed by atoms with Gasteiger partial charge in [0.05, 0.1) is 16.1 Å². The summed E-state index contributed by atoms with van der Waals surface area (Å²) in [4.78, 5) is 0. The quantitative estimate of drug-likeness (QED) is 0.858. The van der Waals surface area contributed by atoms with Crippen LogP contribution < -0.4 is 0 Å². The van der Waals surface area contributed by atoms with E-state index in [0.717, 1.165) is 0 Å². The van der Waals surface area contributed by atoms with Crippen molar-refractivity contribution in [2.75, 3.05) is 0 Å². The van der Waals surface area contributed by atoms with E-state index in [9.17, 15) is 10.2 Å². The lowest BCUT2D eigenvalue weighted by molar-refractivity contribution is -0.0458. The zero-order valence-corrected chi connectivity index (χ0v) is 11.0. The Kier molecular flexibility index (Phi) is 4.24. The first-order valence-electron chi connectivity index (χ1n) is 5.04. The van der Waals surface area contributed by atoms with E-state index in [1.807, 2.05) is 20.8 Å². The molecule has 0 saturated carbocycles. The molecule has 0 aliphatic heterocycles. The van der Waals surface area contributed by atoms with Crippen LogP contribution in [0.3, 0.4) is 0 Å². The van der Waals surface area contributed by atoms with E-state index < -0.39 is 17.6 Å². The third-order valence-electron chi connectivity index (χ3n) is 2.47. The average molecular weight is 263 g/mol. The summed E-state index contributed by atoms with van der Waals surface area (Å²) in [6.45, 7) is 5.58. The predicted molar refractivity (Wildman–Crippen MR) is 66.9 cm³/mol. The molecule has 2 nitrogen and oxygen atoms in total. The van der Waals surface area contributed by atoms with E-state index in [1.54, 1.807) is 18.2 Å². The Hall–Kier alpha value is -0.280. The predicted octanol–water partition coefficient (Wildman–Crippen LogP) is 3.43. The number of aliphatic hydroxyl groups excluding tert-OH is 2. The molecule has 2 atom stereocenters. The van der Waals surface area contributed by atoms with Gasteiger partial charge in [0.2, 0.25) is 0 Å². The largest absolute Gasteiger partial charge is 0.390 e. The molecule has 0 aliphatic carbocycles. The topological polar surface area (TPSA) is 40.5 Å². The smallest absolute Gasteiger partial charge is 0.105 e. The molecule has 0 aromatic heterocycles. The van der Waals surface area contributed by atoms with Crippen LogP contribution in [-0.2, 0) is 0 Å². The van der Waals surface area contributed by atoms with E-state index in [-0.39, 0.29) is 0 Å². The Labute approximate surface area is 106 Å². The van der Waals surface area contributed by atoms with Crippen molar-refractivity contribution in [2.45, 2.75) is 33.0 Å². The van der Waals surface area contributed by atoms with Crippen LogP contribution >= 0.6 is 23.2 Å². The van der Waals surface area contributed by atoms with Gasteiger partial charge >= 0.3 is 0 Å². The Morgan fingerprint density at radius 3 is 2.06 bits per heavy atom. The fourth-order valence-electron chi connectivity index (χ4n) is 1.35. The molecule has 0 radical (unpaired) electrons. The number of aliphatic hydroxyl groups is 2. The fourth-order valence-corrected chi connectivity index (χ4v) is 1.66. The van der Waals surface area contributed by atoms with Gasteiger partial charge in [-0.05, 0) is 23.1 Å². The summed E-state index contributed by atoms with van der Waals surface area (Å²) in [7, 11) is 0. The average Bonchev–Trinajstić information content (AvgIpc) is 2.18. The van der Waals surface area contributed by atoms with E-state index >= 15 is 0 Å². The first-order valence-corrected chi connectivity index (χ1v) is 5.80. The molecular formula is C12H16Cl2O2. The highest BCUT2D eigenvalue weighted by atomic mass is 35.5. The molecule has 1 aromatic carbocycles. The molecule has 2 unspecified atom stereocenters. The molecule has 0 amide bonds. The van der Waals surface area contributed by atoms with Gasteiger partial charge < -0.3 is 10.2 Å². The molecule has 1 aromatic rings. The summed E-state index contributed by atoms with van der Waals surface area (Å²) in [6, 6.07) is 4.84. The minimum atomic E-state index is -0.963. The zero-order chi connectivity index (χ0) is 12.5. The van der Waals surface area contributed by atoms with E-state index in [2.05, 4.69) is 0 Å². The highest BCUT2D eigenvalue weighted by Crippen LogP contribution is 2.32. The first kappa shape index (κ1) is 13.8. The molecule has 90 valence electrons. The maximum Gasteiger partial charge on any atom is 0.105 e. The lowest BCUT2D eigenvalue weighted by Gasteiger charge is -2.30. The van der Waals surface area contributed by atoms with Gasteiger partial charge in [0, 0.05) is 0 Å². The van der Waals surface area contributed by atoms with Crippen molar-refractivity contribution in [2.24, 2.45) is 5.41 Å². The lowest BCUT2D eigenvalue weighted by Crippen LogP contribution is -2.32. The van der Waals surface area contributed by atoms with Crippen LogP contribution in [0, 0.1) is 5.41 Å². The number of hydrogen-bond acceptors (Lipinski definition) is 2. The highest BCUT2D eigenvalue weighted by Gasteiger charge is 2.30. The van der Waals surface area contributed by atoms with Crippen LogP contribution in [0.1, 0.15) is 32.4 Å². The second kappa shape index (κ2) is 4.92. The summed E-state index contributed by atoms with van der Waals surface area (Å²) in [5.41, 5.74) is 0.169. The third-order valence-corrected chi connectivity index (χ3v) is 3.21. The van der Waals surface area contributed by atoms with Crippen molar-refractivity contribution in [1.29, 1.82) is 0 Å². The lowest BCUT2D eigenvalue weighted by atomic mass is 9.83. The zero-order valence-electron chi connectivity index (χ0n) is 9.54. The fraction of sp³-hybridized carbons (Fsp3) is 0.500. The van der Waals surface area contributed by atoms with Crippen LogP contribution in [-0.4, -0.2) is 16.3 Å². The van der Waals surface area contributed by atoms with Gasteiger partial charge in [-0.2, -0.15) is 0 Å². The van der Waals surface area contributed by atoms with Crippen LogP contribution in [0.25, 0.3) is 0 Å². The molecule has 2 N–H and O–H groups in total. The molecule has 1 rings (SSSR count). The van der Waals surface area contributed by atoms with Crippen molar-refractivity contribution in [1.82, 2.24) is 0 Å². The van der Waals surface area contributed by atoms with Crippen molar-refractivity contribution < 1.29 is 10.2 Å².